The van der Waals surface area contributed by atoms with Crippen LogP contribution in [0.4, 0.5) is 0 Å². The van der Waals surface area contributed by atoms with E-state index in [4.69, 9.17) is 0 Å². The zero-order chi connectivity index (χ0) is 10.4. The van der Waals surface area contributed by atoms with Gasteiger partial charge in [-0.3, -0.25) is 4.79 Å². The standard InChI is InChI=1S/C11H22N2O/c1-3-11(14)12-10(2)9-13-7-5-4-6-8-13/h10H,3-9H2,1-2H3,(H,12,14). The van der Waals surface area contributed by atoms with Gasteiger partial charge in [0.05, 0.1) is 0 Å². The molecule has 3 nitrogen and oxygen atoms in total. The van der Waals surface area contributed by atoms with Gasteiger partial charge < -0.3 is 10.2 Å². The summed E-state index contributed by atoms with van der Waals surface area (Å²) < 4.78 is 0. The van der Waals surface area contributed by atoms with Gasteiger partial charge in [-0.25, -0.2) is 0 Å². The Bertz CT molecular complexity index is 176. The molecule has 14 heavy (non-hydrogen) atoms. The molecule has 0 radical (unpaired) electrons. The van der Waals surface area contributed by atoms with Crippen LogP contribution in [0.25, 0.3) is 0 Å². The molecule has 0 bridgehead atoms. The molecule has 1 atom stereocenters. The summed E-state index contributed by atoms with van der Waals surface area (Å²) in [7, 11) is 0. The summed E-state index contributed by atoms with van der Waals surface area (Å²) in [5.74, 6) is 0.162. The van der Waals surface area contributed by atoms with Crippen LogP contribution in [0, 0.1) is 0 Å². The summed E-state index contributed by atoms with van der Waals surface area (Å²) in [6.45, 7) is 7.38. The van der Waals surface area contributed by atoms with Gasteiger partial charge in [-0.1, -0.05) is 13.3 Å². The van der Waals surface area contributed by atoms with Crippen molar-refractivity contribution >= 4 is 5.91 Å². The number of likely N-dealkylation sites (tertiary alicyclic amines) is 1. The Labute approximate surface area is 86.9 Å². The Morgan fingerprint density at radius 2 is 2.00 bits per heavy atom. The second kappa shape index (κ2) is 6.02. The van der Waals surface area contributed by atoms with Crippen molar-refractivity contribution in [3.63, 3.8) is 0 Å². The van der Waals surface area contributed by atoms with Crippen molar-refractivity contribution in [2.75, 3.05) is 19.6 Å². The van der Waals surface area contributed by atoms with Gasteiger partial charge in [0.2, 0.25) is 5.91 Å². The van der Waals surface area contributed by atoms with Crippen LogP contribution in [-0.4, -0.2) is 36.5 Å². The van der Waals surface area contributed by atoms with E-state index in [0.717, 1.165) is 6.54 Å². The molecule has 0 aromatic rings. The Balaban J connectivity index is 2.18. The molecular formula is C11H22N2O. The first-order chi connectivity index (χ1) is 6.72. The van der Waals surface area contributed by atoms with Crippen molar-refractivity contribution in [3.8, 4) is 0 Å². The number of nitrogens with one attached hydrogen (secondary N) is 1. The van der Waals surface area contributed by atoms with Crippen LogP contribution in [0.15, 0.2) is 0 Å². The fraction of sp³-hybridized carbons (Fsp3) is 0.909. The van der Waals surface area contributed by atoms with Gasteiger partial charge in [0.15, 0.2) is 0 Å². The fourth-order valence-corrected chi connectivity index (χ4v) is 1.95. The number of rotatable bonds is 4. The van der Waals surface area contributed by atoms with Crippen molar-refractivity contribution in [3.05, 3.63) is 0 Å². The van der Waals surface area contributed by atoms with E-state index in [0.29, 0.717) is 12.5 Å². The Kier molecular flexibility index (Phi) is 4.94. The first-order valence-corrected chi connectivity index (χ1v) is 5.74. The lowest BCUT2D eigenvalue weighted by Gasteiger charge is -2.29. The number of carbonyl (C=O) groups is 1. The average molecular weight is 198 g/mol. The second-order valence-corrected chi connectivity index (χ2v) is 4.18. The number of piperidine rings is 1. The Morgan fingerprint density at radius 3 is 2.57 bits per heavy atom. The molecule has 1 heterocycles. The van der Waals surface area contributed by atoms with Crippen LogP contribution in [0.5, 0.6) is 0 Å². The molecule has 0 aromatic carbocycles. The van der Waals surface area contributed by atoms with Crippen LogP contribution in [0.3, 0.4) is 0 Å². The molecule has 0 aliphatic carbocycles. The molecule has 82 valence electrons. The van der Waals surface area contributed by atoms with Crippen LogP contribution < -0.4 is 5.32 Å². The molecule has 0 spiro atoms. The van der Waals surface area contributed by atoms with Crippen molar-refractivity contribution in [1.82, 2.24) is 10.2 Å². The van der Waals surface area contributed by atoms with Gasteiger partial charge in [0.1, 0.15) is 0 Å². The van der Waals surface area contributed by atoms with E-state index in [-0.39, 0.29) is 5.91 Å². The van der Waals surface area contributed by atoms with E-state index in [1.807, 2.05) is 6.92 Å². The average Bonchev–Trinajstić information content (AvgIpc) is 2.19. The number of amides is 1. The van der Waals surface area contributed by atoms with Crippen molar-refractivity contribution in [2.45, 2.75) is 45.6 Å². The maximum absolute atomic E-state index is 11.1. The fourth-order valence-electron chi connectivity index (χ4n) is 1.95. The highest BCUT2D eigenvalue weighted by atomic mass is 16.1. The molecule has 1 unspecified atom stereocenters. The highest BCUT2D eigenvalue weighted by molar-refractivity contribution is 5.75. The molecular weight excluding hydrogens is 176 g/mol. The van der Waals surface area contributed by atoms with E-state index in [9.17, 15) is 4.79 Å². The molecule has 1 N–H and O–H groups in total. The molecule has 1 amide bonds. The lowest BCUT2D eigenvalue weighted by Crippen LogP contribution is -2.43. The van der Waals surface area contributed by atoms with E-state index in [1.165, 1.54) is 32.4 Å². The summed E-state index contributed by atoms with van der Waals surface area (Å²) in [5.41, 5.74) is 0. The minimum Gasteiger partial charge on any atom is -0.352 e. The van der Waals surface area contributed by atoms with Gasteiger partial charge in [0.25, 0.3) is 0 Å². The summed E-state index contributed by atoms with van der Waals surface area (Å²) >= 11 is 0. The Morgan fingerprint density at radius 1 is 1.36 bits per heavy atom. The monoisotopic (exact) mass is 198 g/mol. The lowest BCUT2D eigenvalue weighted by atomic mass is 10.1. The summed E-state index contributed by atoms with van der Waals surface area (Å²) in [5, 5.41) is 3.00. The van der Waals surface area contributed by atoms with Crippen molar-refractivity contribution < 1.29 is 4.79 Å². The lowest BCUT2D eigenvalue weighted by molar-refractivity contribution is -0.121. The topological polar surface area (TPSA) is 32.3 Å². The quantitative estimate of drug-likeness (QED) is 0.740. The third-order valence-electron chi connectivity index (χ3n) is 2.71. The third-order valence-corrected chi connectivity index (χ3v) is 2.71. The van der Waals surface area contributed by atoms with Gasteiger partial charge >= 0.3 is 0 Å². The number of hydrogen-bond acceptors (Lipinski definition) is 2. The predicted octanol–water partition coefficient (Wildman–Crippen LogP) is 1.39. The van der Waals surface area contributed by atoms with Crippen molar-refractivity contribution in [1.29, 1.82) is 0 Å². The minimum absolute atomic E-state index is 0.162. The number of carbonyl (C=O) groups excluding carboxylic acids is 1. The van der Waals surface area contributed by atoms with Gasteiger partial charge in [-0.2, -0.15) is 0 Å². The van der Waals surface area contributed by atoms with E-state index in [2.05, 4.69) is 17.1 Å². The molecule has 1 fully saturated rings. The highest BCUT2D eigenvalue weighted by Gasteiger charge is 2.13. The summed E-state index contributed by atoms with van der Waals surface area (Å²) in [4.78, 5) is 13.6. The van der Waals surface area contributed by atoms with Crippen LogP contribution in [-0.2, 0) is 4.79 Å². The molecule has 1 saturated heterocycles. The normalized spacial score (nSPS) is 20.4. The number of nitrogens with zero attached hydrogens (tertiary/aromatic N) is 1. The van der Waals surface area contributed by atoms with Crippen LogP contribution in [0.1, 0.15) is 39.5 Å². The molecule has 0 aromatic heterocycles. The van der Waals surface area contributed by atoms with Crippen molar-refractivity contribution in [2.24, 2.45) is 0 Å². The molecule has 3 heteroatoms. The minimum atomic E-state index is 0.162. The van der Waals surface area contributed by atoms with Gasteiger partial charge in [-0.15, -0.1) is 0 Å². The molecule has 1 aliphatic rings. The van der Waals surface area contributed by atoms with Crippen LogP contribution >= 0.6 is 0 Å². The maximum atomic E-state index is 11.1. The zero-order valence-corrected chi connectivity index (χ0v) is 9.38. The summed E-state index contributed by atoms with van der Waals surface area (Å²) in [6, 6.07) is 0.292. The molecule has 1 aliphatic heterocycles. The first-order valence-electron chi connectivity index (χ1n) is 5.74. The van der Waals surface area contributed by atoms with Gasteiger partial charge in [0, 0.05) is 19.0 Å². The Hall–Kier alpha value is -0.570. The first kappa shape index (κ1) is 11.5. The third kappa shape index (κ3) is 4.09. The maximum Gasteiger partial charge on any atom is 0.219 e. The predicted molar refractivity (Wildman–Crippen MR) is 58.2 cm³/mol. The zero-order valence-electron chi connectivity index (χ0n) is 9.38. The second-order valence-electron chi connectivity index (χ2n) is 4.18. The van der Waals surface area contributed by atoms with E-state index in [1.54, 1.807) is 0 Å². The van der Waals surface area contributed by atoms with E-state index < -0.39 is 0 Å². The smallest absolute Gasteiger partial charge is 0.219 e. The molecule has 1 rings (SSSR count). The number of hydrogen-bond donors (Lipinski definition) is 1. The SMILES string of the molecule is CCC(=O)NC(C)CN1CCCCC1. The van der Waals surface area contributed by atoms with E-state index >= 15 is 0 Å². The highest BCUT2D eigenvalue weighted by Crippen LogP contribution is 2.08. The summed E-state index contributed by atoms with van der Waals surface area (Å²) in [6.07, 6.45) is 4.58. The van der Waals surface area contributed by atoms with Gasteiger partial charge in [-0.05, 0) is 32.9 Å². The molecule has 0 saturated carbocycles. The largest absolute Gasteiger partial charge is 0.352 e. The van der Waals surface area contributed by atoms with Crippen LogP contribution in [0.2, 0.25) is 0 Å².